The van der Waals surface area contributed by atoms with Crippen LogP contribution < -0.4 is 0 Å². The fourth-order valence-corrected chi connectivity index (χ4v) is 4.48. The summed E-state index contributed by atoms with van der Waals surface area (Å²) in [5, 5.41) is 4.37. The molecule has 6 heteroatoms. The molecule has 2 fully saturated rings. The van der Waals surface area contributed by atoms with Crippen LogP contribution >= 0.6 is 0 Å². The minimum absolute atomic E-state index is 0.0505. The summed E-state index contributed by atoms with van der Waals surface area (Å²) in [4.78, 5) is 29.6. The lowest BCUT2D eigenvalue weighted by atomic mass is 9.88. The Hall–Kier alpha value is -2.63. The van der Waals surface area contributed by atoms with E-state index in [-0.39, 0.29) is 17.7 Å². The smallest absolute Gasteiger partial charge is 0.257 e. The second-order valence-corrected chi connectivity index (χ2v) is 7.86. The maximum absolute atomic E-state index is 13.1. The molecule has 2 aliphatic rings. The fourth-order valence-electron chi connectivity index (χ4n) is 4.48. The molecule has 2 atom stereocenters. The number of hydrogen-bond acceptors (Lipinski definition) is 3. The Bertz CT molecular complexity index is 874. The number of fused-ring (bicyclic) bond motifs is 1. The zero-order chi connectivity index (χ0) is 19.1. The second kappa shape index (κ2) is 6.83. The van der Waals surface area contributed by atoms with Crippen molar-refractivity contribution in [3.8, 4) is 0 Å². The number of carbonyl (C=O) groups excluding carboxylic acids is 2. The average molecular weight is 366 g/mol. The number of carbonyl (C=O) groups is 2. The van der Waals surface area contributed by atoms with E-state index < -0.39 is 0 Å². The first-order valence-corrected chi connectivity index (χ1v) is 9.55. The minimum Gasteiger partial charge on any atom is -0.338 e. The molecule has 0 spiro atoms. The molecule has 2 aliphatic heterocycles. The van der Waals surface area contributed by atoms with Gasteiger partial charge in [-0.2, -0.15) is 5.10 Å². The standard InChI is InChI=1S/C21H26N4O2/c1-14-20(15(2)23(3)22-14)21(27)25-11-17-9-19(26)24(12-18(17)13-25)10-16-7-5-4-6-8-16/h4-8,17-18H,9-13H2,1-3H3/t17-,18+/m0/s1. The van der Waals surface area contributed by atoms with Crippen molar-refractivity contribution in [2.75, 3.05) is 19.6 Å². The van der Waals surface area contributed by atoms with E-state index in [4.69, 9.17) is 0 Å². The molecule has 0 N–H and O–H groups in total. The first-order valence-electron chi connectivity index (χ1n) is 9.55. The highest BCUT2D eigenvalue weighted by Crippen LogP contribution is 2.33. The van der Waals surface area contributed by atoms with Crippen molar-refractivity contribution in [2.24, 2.45) is 18.9 Å². The monoisotopic (exact) mass is 366 g/mol. The van der Waals surface area contributed by atoms with Crippen LogP contribution in [0.2, 0.25) is 0 Å². The van der Waals surface area contributed by atoms with Crippen molar-refractivity contribution in [3.63, 3.8) is 0 Å². The molecular formula is C21H26N4O2. The van der Waals surface area contributed by atoms with Gasteiger partial charge in [0, 0.05) is 45.3 Å². The molecule has 27 heavy (non-hydrogen) atoms. The van der Waals surface area contributed by atoms with Gasteiger partial charge in [0.15, 0.2) is 0 Å². The van der Waals surface area contributed by atoms with Gasteiger partial charge >= 0.3 is 0 Å². The molecule has 0 aliphatic carbocycles. The fraction of sp³-hybridized carbons (Fsp3) is 0.476. The number of hydrogen-bond donors (Lipinski definition) is 0. The van der Waals surface area contributed by atoms with Crippen LogP contribution in [0.5, 0.6) is 0 Å². The molecule has 0 unspecified atom stereocenters. The maximum Gasteiger partial charge on any atom is 0.257 e. The Labute approximate surface area is 159 Å². The van der Waals surface area contributed by atoms with Gasteiger partial charge in [-0.25, -0.2) is 0 Å². The Morgan fingerprint density at radius 3 is 2.48 bits per heavy atom. The van der Waals surface area contributed by atoms with Crippen molar-refractivity contribution in [1.29, 1.82) is 0 Å². The first kappa shape index (κ1) is 17.8. The van der Waals surface area contributed by atoms with Gasteiger partial charge in [-0.15, -0.1) is 0 Å². The normalized spacial score (nSPS) is 22.3. The minimum atomic E-state index is 0.0505. The van der Waals surface area contributed by atoms with Gasteiger partial charge in [0.1, 0.15) is 0 Å². The lowest BCUT2D eigenvalue weighted by Crippen LogP contribution is -2.43. The molecule has 1 aromatic heterocycles. The molecule has 4 rings (SSSR count). The summed E-state index contributed by atoms with van der Waals surface area (Å²) in [5.41, 5.74) is 3.53. The predicted molar refractivity (Wildman–Crippen MR) is 102 cm³/mol. The maximum atomic E-state index is 13.1. The summed E-state index contributed by atoms with van der Waals surface area (Å²) in [5.74, 6) is 0.871. The highest BCUT2D eigenvalue weighted by molar-refractivity contribution is 5.96. The predicted octanol–water partition coefficient (Wildman–Crippen LogP) is 2.16. The molecule has 3 heterocycles. The molecule has 6 nitrogen and oxygen atoms in total. The topological polar surface area (TPSA) is 58.4 Å². The van der Waals surface area contributed by atoms with Crippen LogP contribution in [0.4, 0.5) is 0 Å². The third-order valence-electron chi connectivity index (χ3n) is 6.05. The van der Waals surface area contributed by atoms with Crippen LogP contribution in [0, 0.1) is 25.7 Å². The van der Waals surface area contributed by atoms with Gasteiger partial charge in [-0.05, 0) is 31.2 Å². The van der Waals surface area contributed by atoms with E-state index in [1.807, 2.05) is 48.9 Å². The molecule has 2 aromatic rings. The van der Waals surface area contributed by atoms with Crippen LogP contribution in [-0.2, 0) is 18.4 Å². The Morgan fingerprint density at radius 1 is 1.11 bits per heavy atom. The highest BCUT2D eigenvalue weighted by Gasteiger charge is 2.42. The number of aromatic nitrogens is 2. The van der Waals surface area contributed by atoms with E-state index in [0.29, 0.717) is 31.0 Å². The lowest BCUT2D eigenvalue weighted by Gasteiger charge is -2.34. The zero-order valence-corrected chi connectivity index (χ0v) is 16.2. The highest BCUT2D eigenvalue weighted by atomic mass is 16.2. The molecule has 2 amide bonds. The van der Waals surface area contributed by atoms with Gasteiger partial charge in [-0.3, -0.25) is 14.3 Å². The van der Waals surface area contributed by atoms with Crippen molar-refractivity contribution in [3.05, 3.63) is 52.8 Å². The molecular weight excluding hydrogens is 340 g/mol. The Kier molecular flexibility index (Phi) is 4.50. The summed E-state index contributed by atoms with van der Waals surface area (Å²) in [6.07, 6.45) is 0.534. The van der Waals surface area contributed by atoms with Gasteiger partial charge in [0.25, 0.3) is 5.91 Å². The number of amides is 2. The van der Waals surface area contributed by atoms with Gasteiger partial charge in [0.05, 0.1) is 11.3 Å². The van der Waals surface area contributed by atoms with Crippen molar-refractivity contribution < 1.29 is 9.59 Å². The summed E-state index contributed by atoms with van der Waals surface area (Å²) in [6.45, 7) is 6.58. The summed E-state index contributed by atoms with van der Waals surface area (Å²) in [6, 6.07) is 10.1. The van der Waals surface area contributed by atoms with E-state index in [2.05, 4.69) is 17.2 Å². The SMILES string of the molecule is Cc1nn(C)c(C)c1C(=O)N1C[C@H]2CN(Cc3ccccc3)C(=O)C[C@H]2C1. The second-order valence-electron chi connectivity index (χ2n) is 7.86. The molecule has 142 valence electrons. The number of benzene rings is 1. The van der Waals surface area contributed by atoms with Crippen LogP contribution in [0.3, 0.4) is 0 Å². The quantitative estimate of drug-likeness (QED) is 0.836. The van der Waals surface area contributed by atoms with E-state index in [1.165, 1.54) is 0 Å². The molecule has 0 bridgehead atoms. The third-order valence-corrected chi connectivity index (χ3v) is 6.05. The number of rotatable bonds is 3. The molecule has 0 radical (unpaired) electrons. The van der Waals surface area contributed by atoms with Crippen LogP contribution in [-0.4, -0.2) is 51.0 Å². The lowest BCUT2D eigenvalue weighted by molar-refractivity contribution is -0.136. The van der Waals surface area contributed by atoms with Crippen molar-refractivity contribution in [1.82, 2.24) is 19.6 Å². The number of likely N-dealkylation sites (tertiary alicyclic amines) is 2. The molecule has 1 aromatic carbocycles. The Morgan fingerprint density at radius 2 is 1.81 bits per heavy atom. The molecule has 2 saturated heterocycles. The van der Waals surface area contributed by atoms with E-state index in [9.17, 15) is 9.59 Å². The van der Waals surface area contributed by atoms with Gasteiger partial charge < -0.3 is 9.80 Å². The van der Waals surface area contributed by atoms with Crippen LogP contribution in [0.25, 0.3) is 0 Å². The Balaban J connectivity index is 1.47. The van der Waals surface area contributed by atoms with Gasteiger partial charge in [-0.1, -0.05) is 30.3 Å². The average Bonchev–Trinajstić information content (AvgIpc) is 3.16. The van der Waals surface area contributed by atoms with Crippen molar-refractivity contribution in [2.45, 2.75) is 26.8 Å². The number of aryl methyl sites for hydroxylation is 2. The summed E-state index contributed by atoms with van der Waals surface area (Å²) in [7, 11) is 1.86. The van der Waals surface area contributed by atoms with E-state index in [0.717, 1.165) is 30.0 Å². The number of nitrogens with zero attached hydrogens (tertiary/aromatic N) is 4. The van der Waals surface area contributed by atoms with E-state index in [1.54, 1.807) is 4.68 Å². The van der Waals surface area contributed by atoms with Gasteiger partial charge in [0.2, 0.25) is 5.91 Å². The summed E-state index contributed by atoms with van der Waals surface area (Å²) < 4.78 is 1.76. The largest absolute Gasteiger partial charge is 0.338 e. The van der Waals surface area contributed by atoms with Crippen LogP contribution in [0.1, 0.15) is 33.7 Å². The first-order chi connectivity index (χ1) is 12.9. The number of piperidine rings is 1. The van der Waals surface area contributed by atoms with Crippen LogP contribution in [0.15, 0.2) is 30.3 Å². The summed E-state index contributed by atoms with van der Waals surface area (Å²) >= 11 is 0. The molecule has 0 saturated carbocycles. The third kappa shape index (κ3) is 3.24. The van der Waals surface area contributed by atoms with Crippen molar-refractivity contribution >= 4 is 11.8 Å². The zero-order valence-electron chi connectivity index (χ0n) is 16.2. The van der Waals surface area contributed by atoms with E-state index >= 15 is 0 Å².